The molecule has 0 aliphatic heterocycles. The second kappa shape index (κ2) is 11.3. The summed E-state index contributed by atoms with van der Waals surface area (Å²) in [6, 6.07) is 9.94. The number of carboxylic acids is 1. The summed E-state index contributed by atoms with van der Waals surface area (Å²) < 4.78 is 16.5. The standard InChI is InChI=1S/C29H35FN4O4/c1-29(2,3)25(27(36)31-16-18-12-14-20(15-13-18)28(37)38)32-26(35)23-21-10-7-11-22(30)24(21)34(33-23)17-19-8-5-4-6-9-19/h7,10-15,19,25H,4-6,8-9,16-17H2,1-3H3,(H,31,36)(H,32,35)(H,37,38)/t25-/m1/s1. The van der Waals surface area contributed by atoms with Crippen LogP contribution in [0.2, 0.25) is 0 Å². The molecule has 8 nitrogen and oxygen atoms in total. The number of nitrogens with zero attached hydrogens (tertiary/aromatic N) is 2. The average molecular weight is 523 g/mol. The van der Waals surface area contributed by atoms with E-state index in [1.807, 2.05) is 20.8 Å². The highest BCUT2D eigenvalue weighted by molar-refractivity contribution is 6.06. The zero-order valence-electron chi connectivity index (χ0n) is 22.1. The van der Waals surface area contributed by atoms with Gasteiger partial charge in [-0.1, -0.05) is 64.3 Å². The summed E-state index contributed by atoms with van der Waals surface area (Å²) in [7, 11) is 0. The molecule has 0 unspecified atom stereocenters. The van der Waals surface area contributed by atoms with Crippen molar-refractivity contribution in [1.82, 2.24) is 20.4 Å². The molecule has 2 amide bonds. The zero-order chi connectivity index (χ0) is 27.4. The molecule has 9 heteroatoms. The largest absolute Gasteiger partial charge is 0.478 e. The lowest BCUT2D eigenvalue weighted by molar-refractivity contribution is -0.125. The number of halogens is 1. The van der Waals surface area contributed by atoms with Crippen LogP contribution in [0.5, 0.6) is 0 Å². The van der Waals surface area contributed by atoms with Crippen LogP contribution in [0.1, 0.15) is 79.3 Å². The highest BCUT2D eigenvalue weighted by atomic mass is 19.1. The molecule has 1 heterocycles. The van der Waals surface area contributed by atoms with E-state index >= 15 is 0 Å². The Morgan fingerprint density at radius 3 is 2.39 bits per heavy atom. The van der Waals surface area contributed by atoms with Crippen molar-refractivity contribution in [3.63, 3.8) is 0 Å². The van der Waals surface area contributed by atoms with Crippen molar-refractivity contribution in [2.45, 2.75) is 72.0 Å². The molecule has 38 heavy (non-hydrogen) atoms. The Bertz CT molecular complexity index is 1320. The Hall–Kier alpha value is -3.75. The van der Waals surface area contributed by atoms with E-state index in [0.29, 0.717) is 23.4 Å². The number of fused-ring (bicyclic) bond motifs is 1. The normalized spacial score (nSPS) is 15.3. The third-order valence-corrected chi connectivity index (χ3v) is 7.16. The fourth-order valence-corrected chi connectivity index (χ4v) is 5.04. The van der Waals surface area contributed by atoms with Gasteiger partial charge in [0.2, 0.25) is 5.91 Å². The van der Waals surface area contributed by atoms with Crippen LogP contribution >= 0.6 is 0 Å². The maximum absolute atomic E-state index is 14.9. The molecule has 1 aliphatic carbocycles. The van der Waals surface area contributed by atoms with Crippen molar-refractivity contribution in [3.8, 4) is 0 Å². The van der Waals surface area contributed by atoms with Gasteiger partial charge in [0, 0.05) is 18.5 Å². The van der Waals surface area contributed by atoms with Gasteiger partial charge in [0.1, 0.15) is 17.4 Å². The van der Waals surface area contributed by atoms with Crippen LogP contribution in [-0.2, 0) is 17.9 Å². The average Bonchev–Trinajstić information content (AvgIpc) is 3.25. The Balaban J connectivity index is 1.53. The van der Waals surface area contributed by atoms with Gasteiger partial charge < -0.3 is 15.7 Å². The molecule has 202 valence electrons. The minimum absolute atomic E-state index is 0.0987. The molecule has 2 aromatic carbocycles. The second-order valence-electron chi connectivity index (χ2n) is 11.2. The van der Waals surface area contributed by atoms with Gasteiger partial charge in [0.05, 0.1) is 5.56 Å². The number of hydrogen-bond acceptors (Lipinski definition) is 4. The Morgan fingerprint density at radius 2 is 1.76 bits per heavy atom. The molecular formula is C29H35FN4O4. The predicted octanol–water partition coefficient (Wildman–Crippen LogP) is 4.91. The van der Waals surface area contributed by atoms with E-state index in [1.165, 1.54) is 24.6 Å². The lowest BCUT2D eigenvalue weighted by Crippen LogP contribution is -2.53. The van der Waals surface area contributed by atoms with Crippen molar-refractivity contribution < 1.29 is 23.9 Å². The van der Waals surface area contributed by atoms with E-state index < -0.39 is 29.2 Å². The lowest BCUT2D eigenvalue weighted by Gasteiger charge is -2.30. The molecule has 1 atom stereocenters. The van der Waals surface area contributed by atoms with Gasteiger partial charge in [0.25, 0.3) is 5.91 Å². The van der Waals surface area contributed by atoms with E-state index in [9.17, 15) is 18.8 Å². The fourth-order valence-electron chi connectivity index (χ4n) is 5.04. The molecule has 3 N–H and O–H groups in total. The first-order valence-electron chi connectivity index (χ1n) is 13.1. The van der Waals surface area contributed by atoms with Crippen molar-refractivity contribution in [2.75, 3.05) is 0 Å². The highest BCUT2D eigenvalue weighted by Gasteiger charge is 2.34. The van der Waals surface area contributed by atoms with Gasteiger partial charge in [-0.25, -0.2) is 9.18 Å². The first-order chi connectivity index (χ1) is 18.0. The Kier molecular flexibility index (Phi) is 8.14. The molecule has 1 fully saturated rings. The third kappa shape index (κ3) is 6.20. The summed E-state index contributed by atoms with van der Waals surface area (Å²) >= 11 is 0. The molecular weight excluding hydrogens is 487 g/mol. The summed E-state index contributed by atoms with van der Waals surface area (Å²) in [5.74, 6) is -1.98. The smallest absolute Gasteiger partial charge is 0.335 e. The zero-order valence-corrected chi connectivity index (χ0v) is 22.1. The van der Waals surface area contributed by atoms with Gasteiger partial charge >= 0.3 is 5.97 Å². The van der Waals surface area contributed by atoms with Gasteiger partial charge in [-0.15, -0.1) is 0 Å². The van der Waals surface area contributed by atoms with Gasteiger partial charge in [-0.2, -0.15) is 5.10 Å². The number of nitrogens with one attached hydrogen (secondary N) is 2. The van der Waals surface area contributed by atoms with E-state index in [-0.39, 0.29) is 23.7 Å². The summed E-state index contributed by atoms with van der Waals surface area (Å²) in [6.07, 6.45) is 5.62. The number of benzene rings is 2. The van der Waals surface area contributed by atoms with Crippen LogP contribution in [0.3, 0.4) is 0 Å². The number of rotatable bonds is 8. The fraction of sp³-hybridized carbons (Fsp3) is 0.448. The molecule has 1 saturated carbocycles. The summed E-state index contributed by atoms with van der Waals surface area (Å²) in [5, 5.41) is 19.7. The number of carbonyl (C=O) groups is 3. The molecule has 4 rings (SSSR count). The molecule has 3 aromatic rings. The lowest BCUT2D eigenvalue weighted by atomic mass is 9.86. The van der Waals surface area contributed by atoms with Crippen molar-refractivity contribution >= 4 is 28.7 Å². The topological polar surface area (TPSA) is 113 Å². The quantitative estimate of drug-likeness (QED) is 0.389. The third-order valence-electron chi connectivity index (χ3n) is 7.16. The SMILES string of the molecule is CC(C)(C)[C@H](NC(=O)c1nn(CC2CCCCC2)c2c(F)cccc12)C(=O)NCc1ccc(C(=O)O)cc1. The number of carboxylic acid groups (broad SMARTS) is 1. The minimum Gasteiger partial charge on any atom is -0.478 e. The van der Waals surface area contributed by atoms with E-state index in [1.54, 1.807) is 28.9 Å². The number of aromatic nitrogens is 2. The summed E-state index contributed by atoms with van der Waals surface area (Å²) in [4.78, 5) is 37.7. The van der Waals surface area contributed by atoms with Gasteiger partial charge in [-0.3, -0.25) is 14.3 Å². The number of aromatic carboxylic acids is 1. The van der Waals surface area contributed by atoms with Crippen LogP contribution in [0.15, 0.2) is 42.5 Å². The molecule has 1 aromatic heterocycles. The summed E-state index contributed by atoms with van der Waals surface area (Å²) in [6.45, 7) is 6.26. The summed E-state index contributed by atoms with van der Waals surface area (Å²) in [5.41, 5.74) is 0.668. The Labute approximate surface area is 221 Å². The number of amides is 2. The van der Waals surface area contributed by atoms with Crippen molar-refractivity contribution in [3.05, 3.63) is 65.1 Å². The van der Waals surface area contributed by atoms with E-state index in [0.717, 1.165) is 31.2 Å². The maximum atomic E-state index is 14.9. The molecule has 0 saturated heterocycles. The monoisotopic (exact) mass is 522 g/mol. The minimum atomic E-state index is -1.02. The predicted molar refractivity (Wildman–Crippen MR) is 142 cm³/mol. The van der Waals surface area contributed by atoms with Crippen molar-refractivity contribution in [1.29, 1.82) is 0 Å². The van der Waals surface area contributed by atoms with Crippen molar-refractivity contribution in [2.24, 2.45) is 11.3 Å². The Morgan fingerprint density at radius 1 is 1.08 bits per heavy atom. The maximum Gasteiger partial charge on any atom is 0.335 e. The van der Waals surface area contributed by atoms with Crippen LogP contribution < -0.4 is 10.6 Å². The molecule has 0 radical (unpaired) electrons. The number of para-hydroxylation sites is 1. The van der Waals surface area contributed by atoms with E-state index in [2.05, 4.69) is 15.7 Å². The van der Waals surface area contributed by atoms with Crippen LogP contribution in [0.25, 0.3) is 10.9 Å². The number of hydrogen-bond donors (Lipinski definition) is 3. The van der Waals surface area contributed by atoms with E-state index in [4.69, 9.17) is 5.11 Å². The van der Waals surface area contributed by atoms with Gasteiger partial charge in [0.15, 0.2) is 5.69 Å². The highest BCUT2D eigenvalue weighted by Crippen LogP contribution is 2.29. The first kappa shape index (κ1) is 27.3. The van der Waals surface area contributed by atoms with Crippen LogP contribution in [-0.4, -0.2) is 38.7 Å². The first-order valence-corrected chi connectivity index (χ1v) is 13.1. The van der Waals surface area contributed by atoms with Gasteiger partial charge in [-0.05, 0) is 47.9 Å². The second-order valence-corrected chi connectivity index (χ2v) is 11.2. The molecule has 1 aliphatic rings. The number of carbonyl (C=O) groups excluding carboxylic acids is 2. The van der Waals surface area contributed by atoms with Crippen LogP contribution in [0.4, 0.5) is 4.39 Å². The van der Waals surface area contributed by atoms with Crippen LogP contribution in [0, 0.1) is 17.2 Å². The molecule has 0 spiro atoms. The molecule has 0 bridgehead atoms.